The minimum atomic E-state index is -0.0930. The monoisotopic (exact) mass is 559 g/mol. The minimum Gasteiger partial charge on any atom is -0.457 e. The Morgan fingerprint density at radius 1 is 1.00 bits per heavy atom. The number of nitrogen functional groups attached to an aromatic ring is 1. The molecule has 3 aromatic carbocycles. The number of nitrogens with zero attached hydrogens (tertiary/aromatic N) is 6. The Hall–Kier alpha value is -5.02. The molecule has 1 aliphatic carbocycles. The number of anilines is 2. The summed E-state index contributed by atoms with van der Waals surface area (Å²) in [5, 5.41) is 5.57. The van der Waals surface area contributed by atoms with Gasteiger partial charge in [-0.05, 0) is 74.5 Å². The fraction of sp³-hybridized carbons (Fsp3) is 0.212. The number of ether oxygens (including phenoxy) is 1. The molecule has 5 aromatic rings. The molecule has 6 rings (SSSR count). The van der Waals surface area contributed by atoms with Crippen molar-refractivity contribution in [3.05, 3.63) is 97.3 Å². The third kappa shape index (κ3) is 5.59. The molecule has 0 saturated heterocycles. The SMILES string of the molecule is CN(C(=O)C=CCN(C)C1CCC1)c1cccc(-n2nc(-c3ccc(Oc4ccccc4)cc3)c3c(N)ncnc32)c1. The summed E-state index contributed by atoms with van der Waals surface area (Å²) >= 11 is 0. The summed E-state index contributed by atoms with van der Waals surface area (Å²) < 4.78 is 7.69. The Morgan fingerprint density at radius 2 is 1.76 bits per heavy atom. The minimum absolute atomic E-state index is 0.0930. The van der Waals surface area contributed by atoms with Crippen molar-refractivity contribution < 1.29 is 9.53 Å². The van der Waals surface area contributed by atoms with E-state index in [-0.39, 0.29) is 5.91 Å². The molecule has 0 bridgehead atoms. The molecule has 9 nitrogen and oxygen atoms in total. The number of benzene rings is 3. The number of hydrogen-bond donors (Lipinski definition) is 1. The topological polar surface area (TPSA) is 102 Å². The molecule has 2 aromatic heterocycles. The van der Waals surface area contributed by atoms with Gasteiger partial charge in [0.25, 0.3) is 0 Å². The maximum atomic E-state index is 13.0. The van der Waals surface area contributed by atoms with E-state index in [0.717, 1.165) is 29.2 Å². The maximum Gasteiger partial charge on any atom is 0.250 e. The molecule has 1 fully saturated rings. The number of carbonyl (C=O) groups is 1. The molecule has 0 radical (unpaired) electrons. The molecule has 42 heavy (non-hydrogen) atoms. The van der Waals surface area contributed by atoms with Gasteiger partial charge in [-0.15, -0.1) is 0 Å². The van der Waals surface area contributed by atoms with Crippen LogP contribution in [0, 0.1) is 0 Å². The largest absolute Gasteiger partial charge is 0.457 e. The first kappa shape index (κ1) is 27.2. The normalized spacial score (nSPS) is 13.5. The van der Waals surface area contributed by atoms with Gasteiger partial charge in [0.15, 0.2) is 5.65 Å². The van der Waals surface area contributed by atoms with Gasteiger partial charge in [-0.3, -0.25) is 9.69 Å². The van der Waals surface area contributed by atoms with Crippen LogP contribution in [-0.4, -0.2) is 57.2 Å². The predicted octanol–water partition coefficient (Wildman–Crippen LogP) is 5.86. The first-order valence-electron chi connectivity index (χ1n) is 14.1. The van der Waals surface area contributed by atoms with Crippen LogP contribution in [0.5, 0.6) is 11.5 Å². The molecular weight excluding hydrogens is 526 g/mol. The molecule has 0 atom stereocenters. The number of nitrogens with two attached hydrogens (primary N) is 1. The Bertz CT molecular complexity index is 1730. The van der Waals surface area contributed by atoms with Crippen LogP contribution >= 0.6 is 0 Å². The first-order valence-corrected chi connectivity index (χ1v) is 14.1. The van der Waals surface area contributed by atoms with E-state index in [2.05, 4.69) is 21.9 Å². The number of hydrogen-bond acceptors (Lipinski definition) is 7. The lowest BCUT2D eigenvalue weighted by Gasteiger charge is -2.33. The zero-order valence-corrected chi connectivity index (χ0v) is 23.7. The molecule has 2 N–H and O–H groups in total. The van der Waals surface area contributed by atoms with E-state index in [1.54, 1.807) is 22.7 Å². The van der Waals surface area contributed by atoms with E-state index in [9.17, 15) is 4.79 Å². The van der Waals surface area contributed by atoms with Crippen LogP contribution < -0.4 is 15.4 Å². The molecule has 0 unspecified atom stereocenters. The van der Waals surface area contributed by atoms with Crippen molar-refractivity contribution in [2.75, 3.05) is 31.3 Å². The Balaban J connectivity index is 1.26. The molecule has 2 heterocycles. The highest BCUT2D eigenvalue weighted by Gasteiger charge is 2.21. The zero-order chi connectivity index (χ0) is 29.1. The summed E-state index contributed by atoms with van der Waals surface area (Å²) in [6, 6.07) is 25.6. The Kier molecular flexibility index (Phi) is 7.66. The van der Waals surface area contributed by atoms with Crippen molar-refractivity contribution in [3.8, 4) is 28.4 Å². The van der Waals surface area contributed by atoms with Gasteiger partial charge in [0, 0.05) is 37.0 Å². The van der Waals surface area contributed by atoms with Gasteiger partial charge in [0.2, 0.25) is 5.91 Å². The number of rotatable bonds is 9. The lowest BCUT2D eigenvalue weighted by atomic mass is 9.92. The molecule has 1 amide bonds. The van der Waals surface area contributed by atoms with Crippen LogP contribution in [0.3, 0.4) is 0 Å². The van der Waals surface area contributed by atoms with Crippen LogP contribution in [-0.2, 0) is 4.79 Å². The Labute approximate surface area is 244 Å². The van der Waals surface area contributed by atoms with Crippen molar-refractivity contribution >= 4 is 28.4 Å². The third-order valence-corrected chi connectivity index (χ3v) is 7.74. The molecule has 1 saturated carbocycles. The predicted molar refractivity (Wildman–Crippen MR) is 166 cm³/mol. The zero-order valence-electron chi connectivity index (χ0n) is 23.7. The van der Waals surface area contributed by atoms with Crippen molar-refractivity contribution in [1.82, 2.24) is 24.6 Å². The van der Waals surface area contributed by atoms with Crippen molar-refractivity contribution in [3.63, 3.8) is 0 Å². The van der Waals surface area contributed by atoms with Crippen LogP contribution in [0.25, 0.3) is 28.0 Å². The van der Waals surface area contributed by atoms with Crippen LogP contribution in [0.4, 0.5) is 11.5 Å². The van der Waals surface area contributed by atoms with Crippen LogP contribution in [0.1, 0.15) is 19.3 Å². The van der Waals surface area contributed by atoms with Gasteiger partial charge in [-0.2, -0.15) is 5.10 Å². The van der Waals surface area contributed by atoms with Crippen molar-refractivity contribution in [2.24, 2.45) is 0 Å². The highest BCUT2D eigenvalue weighted by molar-refractivity contribution is 6.01. The fourth-order valence-electron chi connectivity index (χ4n) is 5.03. The molecule has 1 aliphatic rings. The molecule has 212 valence electrons. The number of para-hydroxylation sites is 1. The number of carbonyl (C=O) groups excluding carboxylic acids is 1. The number of likely N-dealkylation sites (N-methyl/N-ethyl adjacent to an activating group) is 2. The van der Waals surface area contributed by atoms with E-state index < -0.39 is 0 Å². The van der Waals surface area contributed by atoms with E-state index in [1.165, 1.54) is 25.6 Å². The van der Waals surface area contributed by atoms with Gasteiger partial charge < -0.3 is 15.4 Å². The quantitative estimate of drug-likeness (QED) is 0.226. The highest BCUT2D eigenvalue weighted by Crippen LogP contribution is 2.33. The summed E-state index contributed by atoms with van der Waals surface area (Å²) in [5.74, 6) is 1.72. The van der Waals surface area contributed by atoms with E-state index in [0.29, 0.717) is 34.3 Å². The van der Waals surface area contributed by atoms with Gasteiger partial charge in [-0.25, -0.2) is 14.6 Å². The van der Waals surface area contributed by atoms with Gasteiger partial charge in [0.05, 0.1) is 11.1 Å². The lowest BCUT2D eigenvalue weighted by Crippen LogP contribution is -2.37. The second kappa shape index (κ2) is 11.8. The van der Waals surface area contributed by atoms with E-state index in [1.807, 2.05) is 84.9 Å². The summed E-state index contributed by atoms with van der Waals surface area (Å²) in [6.45, 7) is 0.757. The number of aromatic nitrogens is 4. The van der Waals surface area contributed by atoms with Crippen LogP contribution in [0.15, 0.2) is 97.3 Å². The third-order valence-electron chi connectivity index (χ3n) is 7.74. The summed E-state index contributed by atoms with van der Waals surface area (Å²) in [4.78, 5) is 25.6. The number of fused-ring (bicyclic) bond motifs is 1. The summed E-state index contributed by atoms with van der Waals surface area (Å²) in [7, 11) is 3.88. The first-order chi connectivity index (χ1) is 20.5. The summed E-state index contributed by atoms with van der Waals surface area (Å²) in [6.07, 6.45) is 8.77. The highest BCUT2D eigenvalue weighted by atomic mass is 16.5. The van der Waals surface area contributed by atoms with E-state index in [4.69, 9.17) is 15.6 Å². The van der Waals surface area contributed by atoms with Crippen LogP contribution in [0.2, 0.25) is 0 Å². The maximum absolute atomic E-state index is 13.0. The Morgan fingerprint density at radius 3 is 2.50 bits per heavy atom. The summed E-state index contributed by atoms with van der Waals surface area (Å²) in [5.41, 5.74) is 9.91. The van der Waals surface area contributed by atoms with E-state index >= 15 is 0 Å². The second-order valence-corrected chi connectivity index (χ2v) is 10.5. The molecule has 0 spiro atoms. The lowest BCUT2D eigenvalue weighted by molar-refractivity contribution is -0.113. The van der Waals surface area contributed by atoms with Gasteiger partial charge in [0.1, 0.15) is 29.3 Å². The fourth-order valence-corrected chi connectivity index (χ4v) is 5.03. The molecule has 0 aliphatic heterocycles. The second-order valence-electron chi connectivity index (χ2n) is 10.5. The smallest absolute Gasteiger partial charge is 0.250 e. The van der Waals surface area contributed by atoms with Gasteiger partial charge >= 0.3 is 0 Å². The molecule has 9 heteroatoms. The number of amides is 1. The van der Waals surface area contributed by atoms with Gasteiger partial charge in [-0.1, -0.05) is 36.8 Å². The average molecular weight is 560 g/mol. The van der Waals surface area contributed by atoms with Crippen molar-refractivity contribution in [2.45, 2.75) is 25.3 Å². The van der Waals surface area contributed by atoms with Crippen molar-refractivity contribution in [1.29, 1.82) is 0 Å². The molecular formula is C33H33N7O2. The average Bonchev–Trinajstić information content (AvgIpc) is 3.38. The standard InChI is InChI=1S/C33H33N7O2/c1-38(24-9-6-10-24)20-8-15-29(41)39(2)25-11-7-12-26(21-25)40-33-30(32(34)35-22-36-33)31(37-40)23-16-18-28(19-17-23)42-27-13-4-3-5-14-27/h3-5,7-8,11-19,21-22,24H,6,9-10,20H2,1-2H3,(H2,34,35,36).